The first kappa shape index (κ1) is 44.0. The fourth-order valence-corrected chi connectivity index (χ4v) is 14.1. The maximum absolute atomic E-state index is 14.4. The molecule has 0 unspecified atom stereocenters. The molecule has 0 aromatic carbocycles. The summed E-state index contributed by atoms with van der Waals surface area (Å²) in [5, 5.41) is 9.66. The van der Waals surface area contributed by atoms with E-state index >= 15 is 0 Å². The molecule has 1 heterocycles. The molecule has 0 bridgehead atoms. The van der Waals surface area contributed by atoms with Crippen molar-refractivity contribution in [3.8, 4) is 0 Å². The van der Waals surface area contributed by atoms with Gasteiger partial charge in [0.25, 0.3) is 0 Å². The molecule has 8 heteroatoms. The highest BCUT2D eigenvalue weighted by Crippen LogP contribution is 2.77. The van der Waals surface area contributed by atoms with Crippen LogP contribution in [-0.4, -0.2) is 77.4 Å². The summed E-state index contributed by atoms with van der Waals surface area (Å²) < 4.78 is 6.22. The van der Waals surface area contributed by atoms with E-state index in [-0.39, 0.29) is 51.1 Å². The number of carboxylic acids is 1. The Morgan fingerprint density at radius 1 is 0.895 bits per heavy atom. The van der Waals surface area contributed by atoms with Gasteiger partial charge in [0, 0.05) is 36.5 Å². The lowest BCUT2D eigenvalue weighted by Crippen LogP contribution is -2.65. The number of esters is 1. The molecule has 5 aliphatic carbocycles. The topological polar surface area (TPSA) is 100 Å². The van der Waals surface area contributed by atoms with E-state index in [1.807, 2.05) is 12.3 Å². The van der Waals surface area contributed by atoms with E-state index < -0.39 is 17.4 Å². The number of allylic oxidation sites excluding steroid dienone is 2. The molecule has 1 aromatic rings. The Balaban J connectivity index is 1.29. The first-order chi connectivity index (χ1) is 26.4. The van der Waals surface area contributed by atoms with Crippen molar-refractivity contribution < 1.29 is 24.2 Å². The Labute approximate surface area is 345 Å². The third kappa shape index (κ3) is 7.27. The molecule has 0 spiro atoms. The van der Waals surface area contributed by atoms with Crippen molar-refractivity contribution in [1.82, 2.24) is 14.8 Å². The third-order valence-corrected chi connectivity index (χ3v) is 17.7. The van der Waals surface area contributed by atoms with E-state index in [4.69, 9.17) is 9.72 Å². The van der Waals surface area contributed by atoms with Gasteiger partial charge >= 0.3 is 11.9 Å². The second kappa shape index (κ2) is 15.2. The largest absolute Gasteiger partial charge is 0.481 e. The lowest BCUT2D eigenvalue weighted by Gasteiger charge is -2.72. The van der Waals surface area contributed by atoms with E-state index in [0.717, 1.165) is 88.7 Å². The monoisotopic (exact) mass is 788 g/mol. The van der Waals surface area contributed by atoms with Crippen LogP contribution in [0.2, 0.25) is 0 Å². The van der Waals surface area contributed by atoms with E-state index in [9.17, 15) is 19.5 Å². The summed E-state index contributed by atoms with van der Waals surface area (Å²) in [6.07, 6.45) is 11.8. The predicted molar refractivity (Wildman–Crippen MR) is 227 cm³/mol. The zero-order valence-corrected chi connectivity index (χ0v) is 38.0. The maximum atomic E-state index is 14.4. The maximum Gasteiger partial charge on any atom is 0.309 e. The minimum atomic E-state index is -1.15. The van der Waals surface area contributed by atoms with Crippen LogP contribution in [-0.2, 0) is 24.7 Å². The molecule has 6 rings (SSSR count). The SMILES string of the molecule is CC(C)C1=C2[C@H]3CC[C@@H]4[C@@]5(C)CC[C@H](OC(=O)CC(C)(C)C(=O)O)C(C)(C)[C@@H]5CC[C@@]4(C)[C@]3(C)CC[C@@]2(CCN(CCN(C)C)C(C)(C)c2ccccn2)CC1=O. The van der Waals surface area contributed by atoms with E-state index in [0.29, 0.717) is 30.0 Å². The molecule has 4 saturated carbocycles. The van der Waals surface area contributed by atoms with Gasteiger partial charge in [0.15, 0.2) is 5.78 Å². The Morgan fingerprint density at radius 2 is 1.60 bits per heavy atom. The van der Waals surface area contributed by atoms with E-state index in [1.54, 1.807) is 19.4 Å². The number of hydrogen-bond donors (Lipinski definition) is 1. The summed E-state index contributed by atoms with van der Waals surface area (Å²) in [4.78, 5) is 49.1. The van der Waals surface area contributed by atoms with Crippen LogP contribution in [0.3, 0.4) is 0 Å². The Hall–Kier alpha value is -2.58. The third-order valence-electron chi connectivity index (χ3n) is 17.7. The molecule has 57 heavy (non-hydrogen) atoms. The molecule has 8 atom stereocenters. The predicted octanol–water partition coefficient (Wildman–Crippen LogP) is 9.96. The number of Topliss-reactive ketones (excluding diaryl/α,β-unsaturated/α-hetero) is 1. The number of carbonyl (C=O) groups excluding carboxylic acids is 2. The number of ketones is 1. The summed E-state index contributed by atoms with van der Waals surface area (Å²) in [7, 11) is 4.30. The van der Waals surface area contributed by atoms with Gasteiger partial charge in [-0.25, -0.2) is 0 Å². The van der Waals surface area contributed by atoms with Gasteiger partial charge in [-0.3, -0.25) is 24.3 Å². The summed E-state index contributed by atoms with van der Waals surface area (Å²) in [6.45, 7) is 27.6. The van der Waals surface area contributed by atoms with Crippen LogP contribution < -0.4 is 0 Å². The molecule has 0 radical (unpaired) electrons. The molecule has 8 nitrogen and oxygen atoms in total. The summed E-state index contributed by atoms with van der Waals surface area (Å²) in [5.41, 5.74) is 2.39. The van der Waals surface area contributed by atoms with Gasteiger partial charge in [-0.15, -0.1) is 0 Å². The number of fused-ring (bicyclic) bond motifs is 7. The Kier molecular flexibility index (Phi) is 11.7. The minimum Gasteiger partial charge on any atom is -0.481 e. The summed E-state index contributed by atoms with van der Waals surface area (Å²) in [6, 6.07) is 6.25. The minimum absolute atomic E-state index is 0.0845. The number of hydrogen-bond acceptors (Lipinski definition) is 7. The number of rotatable bonds is 13. The molecule has 318 valence electrons. The average Bonchev–Trinajstić information content (AvgIpc) is 3.41. The fraction of sp³-hybridized carbons (Fsp3) is 0.796. The van der Waals surface area contributed by atoms with Crippen LogP contribution in [0.1, 0.15) is 152 Å². The molecule has 1 N–H and O–H groups in total. The number of aliphatic carboxylic acids is 1. The Bertz CT molecular complexity index is 1730. The van der Waals surface area contributed by atoms with Crippen LogP contribution >= 0.6 is 0 Å². The van der Waals surface area contributed by atoms with Crippen molar-refractivity contribution in [3.05, 3.63) is 41.2 Å². The molecular formula is C49H77N3O5. The summed E-state index contributed by atoms with van der Waals surface area (Å²) in [5.74, 6) is 0.584. The molecular weight excluding hydrogens is 711 g/mol. The number of carboxylic acid groups (broad SMARTS) is 1. The summed E-state index contributed by atoms with van der Waals surface area (Å²) >= 11 is 0. The molecule has 0 aliphatic heterocycles. The highest BCUT2D eigenvalue weighted by atomic mass is 16.5. The lowest BCUT2D eigenvalue weighted by atomic mass is 9.33. The van der Waals surface area contributed by atoms with Crippen LogP contribution in [0.25, 0.3) is 0 Å². The first-order valence-electron chi connectivity index (χ1n) is 22.4. The van der Waals surface area contributed by atoms with Crippen molar-refractivity contribution in [2.24, 2.45) is 56.2 Å². The van der Waals surface area contributed by atoms with E-state index in [1.165, 1.54) is 0 Å². The van der Waals surface area contributed by atoms with Crippen molar-refractivity contribution in [1.29, 1.82) is 0 Å². The van der Waals surface area contributed by atoms with Gasteiger partial charge in [-0.1, -0.05) is 60.1 Å². The van der Waals surface area contributed by atoms with Crippen LogP contribution in [0.5, 0.6) is 0 Å². The zero-order valence-electron chi connectivity index (χ0n) is 38.0. The standard InChI is InChI=1S/C49H77N3O5/c1-32(2)40-34(53)30-49(25-27-52(29-28-51(12)13)45(7,8)37-16-14-15-26-50-37)24-23-47(10)33(41(40)49)17-18-36-46(9)21-20-38(57-39(54)31-43(3,4)42(55)56)44(5,6)35(46)19-22-48(36,47)11/h14-16,26,32-33,35-36,38H,17-25,27-31H2,1-13H3,(H,55,56)/t33-,35+,36-,38+,46+,47-,48-,49-/m1/s1. The number of pyridine rings is 1. The van der Waals surface area contributed by atoms with Crippen molar-refractivity contribution >= 4 is 17.7 Å². The number of ether oxygens (including phenoxy) is 1. The molecule has 0 saturated heterocycles. The first-order valence-corrected chi connectivity index (χ1v) is 22.4. The normalized spacial score (nSPS) is 35.2. The van der Waals surface area contributed by atoms with E-state index in [2.05, 4.69) is 98.3 Å². The highest BCUT2D eigenvalue weighted by molar-refractivity contribution is 6.00. The van der Waals surface area contributed by atoms with Gasteiger partial charge in [0.1, 0.15) is 6.10 Å². The number of likely N-dealkylation sites (N-methyl/N-ethyl adjacent to an activating group) is 1. The highest BCUT2D eigenvalue weighted by Gasteiger charge is 2.70. The number of carbonyl (C=O) groups is 3. The molecule has 5 aliphatic rings. The zero-order chi connectivity index (χ0) is 42.1. The van der Waals surface area contributed by atoms with Crippen molar-refractivity contribution in [2.75, 3.05) is 33.7 Å². The van der Waals surface area contributed by atoms with Gasteiger partial charge in [-0.2, -0.15) is 0 Å². The molecule has 4 fully saturated rings. The van der Waals surface area contributed by atoms with Crippen molar-refractivity contribution in [2.45, 2.75) is 158 Å². The van der Waals surface area contributed by atoms with Gasteiger partial charge < -0.3 is 14.7 Å². The van der Waals surface area contributed by atoms with Gasteiger partial charge in [-0.05, 0) is 164 Å². The van der Waals surface area contributed by atoms with Gasteiger partial charge in [0.05, 0.1) is 23.1 Å². The fourth-order valence-electron chi connectivity index (χ4n) is 14.1. The second-order valence-corrected chi connectivity index (χ2v) is 22.5. The van der Waals surface area contributed by atoms with Crippen molar-refractivity contribution in [3.63, 3.8) is 0 Å². The molecule has 0 amide bonds. The van der Waals surface area contributed by atoms with Crippen LogP contribution in [0.15, 0.2) is 35.5 Å². The smallest absolute Gasteiger partial charge is 0.309 e. The van der Waals surface area contributed by atoms with Crippen LogP contribution in [0.4, 0.5) is 0 Å². The van der Waals surface area contributed by atoms with Crippen LogP contribution in [0, 0.1) is 56.2 Å². The second-order valence-electron chi connectivity index (χ2n) is 22.5. The van der Waals surface area contributed by atoms with Gasteiger partial charge in [0.2, 0.25) is 0 Å². The number of nitrogens with zero attached hydrogens (tertiary/aromatic N) is 3. The number of aromatic nitrogens is 1. The Morgan fingerprint density at radius 3 is 2.21 bits per heavy atom. The molecule has 1 aromatic heterocycles. The average molecular weight is 788 g/mol. The lowest BCUT2D eigenvalue weighted by molar-refractivity contribution is -0.233. The quantitative estimate of drug-likeness (QED) is 0.197.